The maximum Gasteiger partial charge on any atom is 0.0964 e. The van der Waals surface area contributed by atoms with Gasteiger partial charge in [-0.1, -0.05) is 32.9 Å². The summed E-state index contributed by atoms with van der Waals surface area (Å²) in [7, 11) is 2.19. The average Bonchev–Trinajstić information content (AvgIpc) is 2.82. The van der Waals surface area contributed by atoms with Crippen molar-refractivity contribution in [3.05, 3.63) is 11.9 Å². The molecular weight excluding hydrogens is 262 g/mol. The summed E-state index contributed by atoms with van der Waals surface area (Å²) in [6.07, 6.45) is 3.28. The van der Waals surface area contributed by atoms with Crippen molar-refractivity contribution in [2.75, 3.05) is 20.1 Å². The Morgan fingerprint density at radius 1 is 1.19 bits per heavy atom. The summed E-state index contributed by atoms with van der Waals surface area (Å²) in [5.74, 6) is 1.41. The van der Waals surface area contributed by atoms with Crippen LogP contribution in [0.2, 0.25) is 0 Å². The molecule has 0 amide bonds. The van der Waals surface area contributed by atoms with E-state index in [1.165, 1.54) is 6.42 Å². The van der Waals surface area contributed by atoms with E-state index in [9.17, 15) is 0 Å². The van der Waals surface area contributed by atoms with Gasteiger partial charge in [0, 0.05) is 25.3 Å². The van der Waals surface area contributed by atoms with Gasteiger partial charge in [-0.25, -0.2) is 0 Å². The van der Waals surface area contributed by atoms with E-state index in [4.69, 9.17) is 0 Å². The molecule has 1 N–H and O–H groups in total. The van der Waals surface area contributed by atoms with Gasteiger partial charge in [-0.15, -0.1) is 5.10 Å². The summed E-state index contributed by atoms with van der Waals surface area (Å²) in [5, 5.41) is 11.8. The van der Waals surface area contributed by atoms with E-state index in [1.54, 1.807) is 0 Å². The lowest BCUT2D eigenvalue weighted by Crippen LogP contribution is -2.33. The van der Waals surface area contributed by atoms with Gasteiger partial charge >= 0.3 is 0 Å². The van der Waals surface area contributed by atoms with E-state index >= 15 is 0 Å². The quantitative estimate of drug-likeness (QED) is 0.720. The maximum absolute atomic E-state index is 4.22. The summed E-state index contributed by atoms with van der Waals surface area (Å²) in [6, 6.07) is 0.612. The largest absolute Gasteiger partial charge is 0.311 e. The lowest BCUT2D eigenvalue weighted by molar-refractivity contribution is 0.217. The van der Waals surface area contributed by atoms with Crippen LogP contribution < -0.4 is 5.32 Å². The molecule has 0 saturated heterocycles. The predicted molar refractivity (Wildman–Crippen MR) is 88.1 cm³/mol. The van der Waals surface area contributed by atoms with Crippen LogP contribution >= 0.6 is 0 Å². The number of rotatable bonds is 10. The van der Waals surface area contributed by atoms with Crippen molar-refractivity contribution >= 4 is 0 Å². The van der Waals surface area contributed by atoms with Crippen LogP contribution in [-0.4, -0.2) is 46.1 Å². The third kappa shape index (κ3) is 7.58. The van der Waals surface area contributed by atoms with Crippen LogP contribution in [0.1, 0.15) is 46.7 Å². The van der Waals surface area contributed by atoms with Crippen molar-refractivity contribution < 1.29 is 0 Å². The lowest BCUT2D eigenvalue weighted by atomic mass is 10.0. The fourth-order valence-corrected chi connectivity index (χ4v) is 2.36. The highest BCUT2D eigenvalue weighted by Crippen LogP contribution is 2.09. The van der Waals surface area contributed by atoms with Crippen LogP contribution in [0.25, 0.3) is 0 Å². The second kappa shape index (κ2) is 9.15. The Morgan fingerprint density at radius 3 is 2.52 bits per heavy atom. The van der Waals surface area contributed by atoms with Gasteiger partial charge in [-0.2, -0.15) is 0 Å². The number of aromatic nitrogens is 3. The first kappa shape index (κ1) is 18.1. The average molecular weight is 295 g/mol. The third-order valence-electron chi connectivity index (χ3n) is 3.69. The molecule has 0 saturated carbocycles. The zero-order valence-electron chi connectivity index (χ0n) is 14.6. The standard InChI is InChI=1S/C16H33N5/c1-13(2)9-15(5)20(6)7-8-21-12-16(18-19-21)11-17-10-14(3)4/h12-15,17H,7-11H2,1-6H3. The van der Waals surface area contributed by atoms with Crippen LogP contribution in [0.3, 0.4) is 0 Å². The molecule has 0 fully saturated rings. The molecular formula is C16H33N5. The van der Waals surface area contributed by atoms with Gasteiger partial charge in [0.2, 0.25) is 0 Å². The molecule has 5 nitrogen and oxygen atoms in total. The van der Waals surface area contributed by atoms with Crippen LogP contribution in [-0.2, 0) is 13.1 Å². The van der Waals surface area contributed by atoms with Crippen LogP contribution in [0.5, 0.6) is 0 Å². The van der Waals surface area contributed by atoms with Crippen molar-refractivity contribution in [3.8, 4) is 0 Å². The van der Waals surface area contributed by atoms with Gasteiger partial charge in [0.1, 0.15) is 0 Å². The minimum Gasteiger partial charge on any atom is -0.311 e. The van der Waals surface area contributed by atoms with E-state index in [0.29, 0.717) is 12.0 Å². The van der Waals surface area contributed by atoms with E-state index < -0.39 is 0 Å². The smallest absolute Gasteiger partial charge is 0.0964 e. The molecule has 1 aromatic heterocycles. The van der Waals surface area contributed by atoms with E-state index in [0.717, 1.165) is 37.8 Å². The third-order valence-corrected chi connectivity index (χ3v) is 3.69. The number of hydrogen-bond acceptors (Lipinski definition) is 4. The summed E-state index contributed by atoms with van der Waals surface area (Å²) >= 11 is 0. The molecule has 1 unspecified atom stereocenters. The van der Waals surface area contributed by atoms with Crippen molar-refractivity contribution in [2.24, 2.45) is 11.8 Å². The Labute approximate surface area is 130 Å². The van der Waals surface area contributed by atoms with Crippen molar-refractivity contribution in [1.29, 1.82) is 0 Å². The van der Waals surface area contributed by atoms with Crippen LogP contribution in [0, 0.1) is 11.8 Å². The highest BCUT2D eigenvalue weighted by molar-refractivity contribution is 4.91. The van der Waals surface area contributed by atoms with Gasteiger partial charge in [0.05, 0.1) is 12.2 Å². The van der Waals surface area contributed by atoms with Gasteiger partial charge in [0.15, 0.2) is 0 Å². The SMILES string of the molecule is CC(C)CNCc1cn(CCN(C)C(C)CC(C)C)nn1. The number of likely N-dealkylation sites (N-methyl/N-ethyl adjacent to an activating group) is 1. The minimum absolute atomic E-state index is 0.612. The molecule has 0 bridgehead atoms. The first-order valence-electron chi connectivity index (χ1n) is 8.18. The first-order valence-corrected chi connectivity index (χ1v) is 8.18. The van der Waals surface area contributed by atoms with Crippen LogP contribution in [0.15, 0.2) is 6.20 Å². The molecule has 0 radical (unpaired) electrons. The van der Waals surface area contributed by atoms with E-state index in [2.05, 4.69) is 62.2 Å². The Morgan fingerprint density at radius 2 is 1.90 bits per heavy atom. The highest BCUT2D eigenvalue weighted by Gasteiger charge is 2.11. The predicted octanol–water partition coefficient (Wildman–Crippen LogP) is 2.39. The molecule has 1 aromatic rings. The highest BCUT2D eigenvalue weighted by atomic mass is 15.4. The maximum atomic E-state index is 4.22. The van der Waals surface area contributed by atoms with Crippen molar-refractivity contribution in [2.45, 2.75) is 60.2 Å². The van der Waals surface area contributed by atoms with Gasteiger partial charge < -0.3 is 10.2 Å². The summed E-state index contributed by atoms with van der Waals surface area (Å²) in [6.45, 7) is 15.0. The second-order valence-electron chi connectivity index (χ2n) is 6.96. The molecule has 0 aliphatic carbocycles. The van der Waals surface area contributed by atoms with E-state index in [-0.39, 0.29) is 0 Å². The van der Waals surface area contributed by atoms with Gasteiger partial charge in [0.25, 0.3) is 0 Å². The number of nitrogens with zero attached hydrogens (tertiary/aromatic N) is 4. The first-order chi connectivity index (χ1) is 9.88. The molecule has 1 heterocycles. The number of nitrogens with one attached hydrogen (secondary N) is 1. The monoisotopic (exact) mass is 295 g/mol. The summed E-state index contributed by atoms with van der Waals surface area (Å²) in [4.78, 5) is 2.40. The molecule has 0 aromatic carbocycles. The van der Waals surface area contributed by atoms with Gasteiger partial charge in [-0.05, 0) is 38.8 Å². The Bertz CT molecular complexity index is 386. The Balaban J connectivity index is 2.30. The van der Waals surface area contributed by atoms with Crippen molar-refractivity contribution in [1.82, 2.24) is 25.2 Å². The van der Waals surface area contributed by atoms with Crippen LogP contribution in [0.4, 0.5) is 0 Å². The molecule has 122 valence electrons. The second-order valence-corrected chi connectivity index (χ2v) is 6.96. The zero-order valence-corrected chi connectivity index (χ0v) is 14.6. The summed E-state index contributed by atoms with van der Waals surface area (Å²) in [5.41, 5.74) is 1.02. The van der Waals surface area contributed by atoms with Crippen molar-refractivity contribution in [3.63, 3.8) is 0 Å². The topological polar surface area (TPSA) is 46.0 Å². The van der Waals surface area contributed by atoms with Gasteiger partial charge in [-0.3, -0.25) is 4.68 Å². The molecule has 21 heavy (non-hydrogen) atoms. The number of hydrogen-bond donors (Lipinski definition) is 1. The zero-order chi connectivity index (χ0) is 15.8. The fourth-order valence-electron chi connectivity index (χ4n) is 2.36. The minimum atomic E-state index is 0.612. The normalized spacial score (nSPS) is 13.6. The Hall–Kier alpha value is -0.940. The fraction of sp³-hybridized carbons (Fsp3) is 0.875. The Kier molecular flexibility index (Phi) is 7.89. The molecule has 5 heteroatoms. The molecule has 0 aliphatic heterocycles. The molecule has 1 atom stereocenters. The molecule has 1 rings (SSSR count). The lowest BCUT2D eigenvalue weighted by Gasteiger charge is -2.25. The molecule has 0 spiro atoms. The van der Waals surface area contributed by atoms with E-state index in [1.807, 2.05) is 10.9 Å². The summed E-state index contributed by atoms with van der Waals surface area (Å²) < 4.78 is 1.95. The molecule has 0 aliphatic rings.